The minimum absolute atomic E-state index is 0.0244. The van der Waals surface area contributed by atoms with Gasteiger partial charge in [-0.05, 0) is 19.1 Å². The number of carbonyl (C=O) groups is 2. The van der Waals surface area contributed by atoms with E-state index < -0.39 is 5.97 Å². The molecule has 1 aromatic heterocycles. The topological polar surface area (TPSA) is 59.5 Å². The van der Waals surface area contributed by atoms with E-state index in [0.29, 0.717) is 18.7 Å². The number of hydrogen-bond donors (Lipinski definition) is 0. The van der Waals surface area contributed by atoms with E-state index in [-0.39, 0.29) is 18.4 Å². The van der Waals surface area contributed by atoms with Crippen LogP contribution in [0.1, 0.15) is 21.9 Å². The zero-order valence-corrected chi connectivity index (χ0v) is 13.0. The van der Waals surface area contributed by atoms with Crippen LogP contribution in [0.5, 0.6) is 0 Å². The summed E-state index contributed by atoms with van der Waals surface area (Å²) in [5, 5.41) is 2.52. The third-order valence-corrected chi connectivity index (χ3v) is 4.32. The molecule has 2 aromatic rings. The fraction of sp³-hybridized carbons (Fsp3) is 0.312. The molecule has 3 rings (SSSR count). The maximum atomic E-state index is 12.1. The lowest BCUT2D eigenvalue weighted by Crippen LogP contribution is -2.25. The van der Waals surface area contributed by atoms with Gasteiger partial charge in [0.25, 0.3) is 0 Å². The molecular formula is C16H16N2O3S. The fourth-order valence-corrected chi connectivity index (χ4v) is 3.06. The highest BCUT2D eigenvalue weighted by atomic mass is 32.1. The van der Waals surface area contributed by atoms with E-state index in [2.05, 4.69) is 4.98 Å². The van der Waals surface area contributed by atoms with Gasteiger partial charge < -0.3 is 9.64 Å². The van der Waals surface area contributed by atoms with Gasteiger partial charge in [0.2, 0.25) is 5.91 Å². The van der Waals surface area contributed by atoms with Crippen LogP contribution >= 0.6 is 11.3 Å². The number of nitrogens with zero attached hydrogens (tertiary/aromatic N) is 2. The molecule has 0 saturated carbocycles. The Kier molecular flexibility index (Phi) is 4.20. The molecule has 1 aliphatic heterocycles. The summed E-state index contributed by atoms with van der Waals surface area (Å²) in [5.41, 5.74) is 1.23. The molecule has 0 unspecified atom stereocenters. The van der Waals surface area contributed by atoms with Crippen LogP contribution in [0.3, 0.4) is 0 Å². The highest BCUT2D eigenvalue weighted by Gasteiger charge is 2.31. The number of ether oxygens (including phenoxy) is 1. The van der Waals surface area contributed by atoms with E-state index in [4.69, 9.17) is 4.74 Å². The van der Waals surface area contributed by atoms with Crippen molar-refractivity contribution < 1.29 is 14.3 Å². The number of benzene rings is 1. The zero-order valence-electron chi connectivity index (χ0n) is 12.2. The number of hydrogen-bond acceptors (Lipinski definition) is 5. The number of amides is 1. The van der Waals surface area contributed by atoms with Crippen LogP contribution < -0.4 is 4.90 Å². The molecule has 1 amide bonds. The van der Waals surface area contributed by atoms with Crippen LogP contribution in [0.15, 0.2) is 35.7 Å². The Labute approximate surface area is 132 Å². The predicted octanol–water partition coefficient (Wildman–Crippen LogP) is 2.66. The van der Waals surface area contributed by atoms with Crippen LogP contribution in [0.2, 0.25) is 0 Å². The zero-order chi connectivity index (χ0) is 15.5. The Hall–Kier alpha value is -2.21. The first-order valence-electron chi connectivity index (χ1n) is 7.08. The van der Waals surface area contributed by atoms with Crippen molar-refractivity contribution in [1.29, 1.82) is 0 Å². The predicted molar refractivity (Wildman–Crippen MR) is 84.0 cm³/mol. The van der Waals surface area contributed by atoms with Gasteiger partial charge in [-0.2, -0.15) is 0 Å². The Balaban J connectivity index is 1.56. The molecule has 1 saturated heterocycles. The molecule has 0 N–H and O–H groups in total. The Morgan fingerprint density at radius 2 is 2.18 bits per heavy atom. The van der Waals surface area contributed by atoms with Crippen molar-refractivity contribution in [3.8, 4) is 0 Å². The van der Waals surface area contributed by atoms with E-state index in [9.17, 15) is 9.59 Å². The number of thiazole rings is 1. The van der Waals surface area contributed by atoms with E-state index in [1.165, 1.54) is 11.3 Å². The standard InChI is InChI=1S/C16H16N2O3S/c1-11-17-14(10-22-11)16(20)21-9-12-7-15(19)18(8-12)13-5-3-2-4-6-13/h2-6,10,12H,7-9H2,1H3/t12-/m1/s1. The van der Waals surface area contributed by atoms with Crippen molar-refractivity contribution in [1.82, 2.24) is 4.98 Å². The van der Waals surface area contributed by atoms with Crippen molar-refractivity contribution >= 4 is 28.9 Å². The number of para-hydroxylation sites is 1. The van der Waals surface area contributed by atoms with Gasteiger partial charge in [-0.1, -0.05) is 18.2 Å². The lowest BCUT2D eigenvalue weighted by atomic mass is 10.1. The third-order valence-electron chi connectivity index (χ3n) is 3.55. The number of esters is 1. The summed E-state index contributed by atoms with van der Waals surface area (Å²) in [4.78, 5) is 29.8. The lowest BCUT2D eigenvalue weighted by molar-refractivity contribution is -0.117. The van der Waals surface area contributed by atoms with Crippen LogP contribution in [0.25, 0.3) is 0 Å². The maximum Gasteiger partial charge on any atom is 0.357 e. The van der Waals surface area contributed by atoms with E-state index in [0.717, 1.165) is 10.7 Å². The van der Waals surface area contributed by atoms with Gasteiger partial charge >= 0.3 is 5.97 Å². The summed E-state index contributed by atoms with van der Waals surface area (Å²) in [5.74, 6) is -0.330. The number of carbonyl (C=O) groups excluding carboxylic acids is 2. The average Bonchev–Trinajstić information content (AvgIpc) is 3.12. The summed E-state index contributed by atoms with van der Waals surface area (Å²) < 4.78 is 5.28. The van der Waals surface area contributed by atoms with Crippen LogP contribution in [0.4, 0.5) is 5.69 Å². The molecule has 6 heteroatoms. The maximum absolute atomic E-state index is 12.1. The van der Waals surface area contributed by atoms with Crippen molar-refractivity contribution in [2.75, 3.05) is 18.1 Å². The van der Waals surface area contributed by atoms with Crippen molar-refractivity contribution in [3.05, 3.63) is 46.4 Å². The largest absolute Gasteiger partial charge is 0.461 e. The number of aryl methyl sites for hydroxylation is 1. The molecule has 0 spiro atoms. The van der Waals surface area contributed by atoms with Gasteiger partial charge in [-0.15, -0.1) is 11.3 Å². The molecule has 1 fully saturated rings. The fourth-order valence-electron chi connectivity index (χ4n) is 2.48. The van der Waals surface area contributed by atoms with Gasteiger partial charge in [0.05, 0.1) is 11.6 Å². The Bertz CT molecular complexity index is 684. The molecule has 1 atom stereocenters. The Morgan fingerprint density at radius 1 is 1.41 bits per heavy atom. The first kappa shape index (κ1) is 14.7. The molecule has 1 aliphatic rings. The number of rotatable bonds is 4. The molecule has 22 heavy (non-hydrogen) atoms. The summed E-state index contributed by atoms with van der Waals surface area (Å²) >= 11 is 1.41. The van der Waals surface area contributed by atoms with Crippen molar-refractivity contribution in [2.45, 2.75) is 13.3 Å². The summed E-state index contributed by atoms with van der Waals surface area (Å²) in [6.07, 6.45) is 0.401. The number of anilines is 1. The lowest BCUT2D eigenvalue weighted by Gasteiger charge is -2.16. The summed E-state index contributed by atoms with van der Waals surface area (Å²) in [7, 11) is 0. The molecule has 0 aliphatic carbocycles. The minimum atomic E-state index is -0.421. The smallest absolute Gasteiger partial charge is 0.357 e. The Morgan fingerprint density at radius 3 is 2.86 bits per heavy atom. The SMILES string of the molecule is Cc1nc(C(=O)OC[C@@H]2CC(=O)N(c3ccccc3)C2)cs1. The second kappa shape index (κ2) is 6.27. The van der Waals surface area contributed by atoms with Crippen LogP contribution in [0, 0.1) is 12.8 Å². The molecule has 2 heterocycles. The second-order valence-corrected chi connectivity index (χ2v) is 6.32. The summed E-state index contributed by atoms with van der Waals surface area (Å²) in [6, 6.07) is 9.54. The third kappa shape index (κ3) is 3.17. The van der Waals surface area contributed by atoms with Crippen LogP contribution in [-0.2, 0) is 9.53 Å². The number of aromatic nitrogens is 1. The monoisotopic (exact) mass is 316 g/mol. The minimum Gasteiger partial charge on any atom is -0.461 e. The first-order chi connectivity index (χ1) is 10.6. The average molecular weight is 316 g/mol. The van der Waals surface area contributed by atoms with Crippen LogP contribution in [-0.4, -0.2) is 30.0 Å². The van der Waals surface area contributed by atoms with Crippen molar-refractivity contribution in [2.24, 2.45) is 5.92 Å². The molecule has 5 nitrogen and oxygen atoms in total. The quantitative estimate of drug-likeness (QED) is 0.814. The van der Waals surface area contributed by atoms with E-state index in [1.807, 2.05) is 37.3 Å². The first-order valence-corrected chi connectivity index (χ1v) is 7.96. The van der Waals surface area contributed by atoms with E-state index >= 15 is 0 Å². The van der Waals surface area contributed by atoms with E-state index in [1.54, 1.807) is 10.3 Å². The molecular weight excluding hydrogens is 300 g/mol. The molecule has 0 bridgehead atoms. The molecule has 0 radical (unpaired) electrons. The van der Waals surface area contributed by atoms with Gasteiger partial charge in [0, 0.05) is 30.0 Å². The highest BCUT2D eigenvalue weighted by Crippen LogP contribution is 2.25. The molecule has 1 aromatic carbocycles. The highest BCUT2D eigenvalue weighted by molar-refractivity contribution is 7.09. The normalized spacial score (nSPS) is 17.8. The van der Waals surface area contributed by atoms with Gasteiger partial charge in [0.15, 0.2) is 5.69 Å². The molecule has 114 valence electrons. The van der Waals surface area contributed by atoms with Gasteiger partial charge in [-0.25, -0.2) is 9.78 Å². The van der Waals surface area contributed by atoms with Crippen molar-refractivity contribution in [3.63, 3.8) is 0 Å². The second-order valence-electron chi connectivity index (χ2n) is 5.26. The van der Waals surface area contributed by atoms with Gasteiger partial charge in [0.1, 0.15) is 0 Å². The summed E-state index contributed by atoms with van der Waals surface area (Å²) in [6.45, 7) is 2.66. The van der Waals surface area contributed by atoms with Gasteiger partial charge in [-0.3, -0.25) is 4.79 Å².